The molecule has 1 heterocycles. The van der Waals surface area contributed by atoms with Gasteiger partial charge in [0, 0.05) is 17.3 Å². The highest BCUT2D eigenvalue weighted by molar-refractivity contribution is 5.78. The summed E-state index contributed by atoms with van der Waals surface area (Å²) in [6.45, 7) is 5.97. The zero-order valence-corrected chi connectivity index (χ0v) is 11.6. The molecule has 19 heavy (non-hydrogen) atoms. The van der Waals surface area contributed by atoms with Gasteiger partial charge in [-0.3, -0.25) is 4.98 Å². The Bertz CT molecular complexity index is 614. The van der Waals surface area contributed by atoms with Gasteiger partial charge < -0.3 is 0 Å². The third kappa shape index (κ3) is 2.90. The molecule has 2 heteroatoms. The van der Waals surface area contributed by atoms with Crippen LogP contribution in [0, 0.1) is 12.7 Å². The van der Waals surface area contributed by atoms with Crippen LogP contribution in [0.4, 0.5) is 4.39 Å². The van der Waals surface area contributed by atoms with Crippen molar-refractivity contribution in [2.45, 2.75) is 27.2 Å². The van der Waals surface area contributed by atoms with Gasteiger partial charge in [0.05, 0.1) is 5.69 Å². The summed E-state index contributed by atoms with van der Waals surface area (Å²) in [6, 6.07) is 9.13. The van der Waals surface area contributed by atoms with Crippen LogP contribution in [0.15, 0.2) is 42.6 Å². The Kier molecular flexibility index (Phi) is 4.10. The number of pyridine rings is 1. The van der Waals surface area contributed by atoms with Crippen LogP contribution in [0.1, 0.15) is 31.4 Å². The summed E-state index contributed by atoms with van der Waals surface area (Å²) < 4.78 is 13.4. The van der Waals surface area contributed by atoms with Crippen molar-refractivity contribution in [3.05, 3.63) is 59.5 Å². The lowest BCUT2D eigenvalue weighted by atomic mass is 9.98. The number of aromatic nitrogens is 1. The van der Waals surface area contributed by atoms with Crippen molar-refractivity contribution in [3.8, 4) is 11.3 Å². The van der Waals surface area contributed by atoms with Crippen LogP contribution < -0.4 is 0 Å². The van der Waals surface area contributed by atoms with E-state index >= 15 is 0 Å². The van der Waals surface area contributed by atoms with E-state index in [1.165, 1.54) is 11.6 Å². The second kappa shape index (κ2) is 5.79. The Morgan fingerprint density at radius 2 is 2.11 bits per heavy atom. The Balaban J connectivity index is 2.56. The van der Waals surface area contributed by atoms with Gasteiger partial charge in [0.2, 0.25) is 0 Å². The normalized spacial score (nSPS) is 11.7. The van der Waals surface area contributed by atoms with Crippen molar-refractivity contribution in [1.82, 2.24) is 4.98 Å². The topological polar surface area (TPSA) is 12.9 Å². The van der Waals surface area contributed by atoms with E-state index in [4.69, 9.17) is 0 Å². The predicted molar refractivity (Wildman–Crippen MR) is 78.3 cm³/mol. The lowest BCUT2D eigenvalue weighted by Gasteiger charge is -2.10. The van der Waals surface area contributed by atoms with Crippen LogP contribution >= 0.6 is 0 Å². The smallest absolute Gasteiger partial charge is 0.126 e. The summed E-state index contributed by atoms with van der Waals surface area (Å²) in [5.74, 6) is -0.179. The summed E-state index contributed by atoms with van der Waals surface area (Å²) >= 11 is 0. The Labute approximate surface area is 113 Å². The highest BCUT2D eigenvalue weighted by Crippen LogP contribution is 2.28. The lowest BCUT2D eigenvalue weighted by Crippen LogP contribution is -1.92. The number of aryl methyl sites for hydroxylation is 1. The zero-order valence-electron chi connectivity index (χ0n) is 11.6. The average Bonchev–Trinajstić information content (AvgIpc) is 2.42. The van der Waals surface area contributed by atoms with Crippen molar-refractivity contribution in [2.24, 2.45) is 0 Å². The second-order valence-corrected chi connectivity index (χ2v) is 4.66. The van der Waals surface area contributed by atoms with E-state index < -0.39 is 0 Å². The minimum absolute atomic E-state index is 0.179. The van der Waals surface area contributed by atoms with E-state index in [9.17, 15) is 4.39 Å². The first kappa shape index (κ1) is 13.5. The first-order valence-corrected chi connectivity index (χ1v) is 6.52. The minimum atomic E-state index is -0.179. The molecule has 1 aromatic heterocycles. The van der Waals surface area contributed by atoms with Crippen molar-refractivity contribution >= 4 is 5.57 Å². The van der Waals surface area contributed by atoms with Gasteiger partial charge in [-0.05, 0) is 55.7 Å². The number of hydrogen-bond acceptors (Lipinski definition) is 1. The molecule has 0 N–H and O–H groups in total. The molecular weight excluding hydrogens is 237 g/mol. The molecule has 0 fully saturated rings. The summed E-state index contributed by atoms with van der Waals surface area (Å²) in [7, 11) is 0. The van der Waals surface area contributed by atoms with Crippen LogP contribution in [0.2, 0.25) is 0 Å². The lowest BCUT2D eigenvalue weighted by molar-refractivity contribution is 0.619. The molecule has 1 nitrogen and oxygen atoms in total. The monoisotopic (exact) mass is 255 g/mol. The van der Waals surface area contributed by atoms with Gasteiger partial charge in [-0.25, -0.2) is 4.39 Å². The fraction of sp³-hybridized carbons (Fsp3) is 0.235. The van der Waals surface area contributed by atoms with Crippen LogP contribution in [0.3, 0.4) is 0 Å². The average molecular weight is 255 g/mol. The molecule has 0 unspecified atom stereocenters. The molecule has 0 amide bonds. The molecule has 0 aliphatic heterocycles. The van der Waals surface area contributed by atoms with Crippen molar-refractivity contribution < 1.29 is 4.39 Å². The van der Waals surface area contributed by atoms with E-state index in [0.717, 1.165) is 23.2 Å². The number of benzene rings is 1. The molecule has 1 aromatic carbocycles. The zero-order chi connectivity index (χ0) is 13.8. The Morgan fingerprint density at radius 3 is 2.79 bits per heavy atom. The summed E-state index contributed by atoms with van der Waals surface area (Å²) in [6.07, 6.45) is 4.94. The number of hydrogen-bond donors (Lipinski definition) is 0. The molecule has 0 aliphatic rings. The summed E-state index contributed by atoms with van der Waals surface area (Å²) in [5.41, 5.74) is 4.82. The molecule has 0 saturated heterocycles. The molecule has 98 valence electrons. The SMILES string of the molecule is CCC=C(C)c1cccnc1-c1ccc(F)c(C)c1. The maximum atomic E-state index is 13.4. The van der Waals surface area contributed by atoms with Gasteiger partial charge in [0.1, 0.15) is 5.82 Å². The van der Waals surface area contributed by atoms with Gasteiger partial charge in [0.15, 0.2) is 0 Å². The van der Waals surface area contributed by atoms with Crippen molar-refractivity contribution in [3.63, 3.8) is 0 Å². The highest BCUT2D eigenvalue weighted by Gasteiger charge is 2.09. The maximum absolute atomic E-state index is 13.4. The van der Waals surface area contributed by atoms with Gasteiger partial charge >= 0.3 is 0 Å². The molecule has 0 bridgehead atoms. The standard InChI is InChI=1S/C17H18FN/c1-4-6-12(2)15-7-5-10-19-17(15)14-8-9-16(18)13(3)11-14/h5-11H,4H2,1-3H3. The van der Waals surface area contributed by atoms with E-state index in [1.54, 1.807) is 19.2 Å². The fourth-order valence-electron chi connectivity index (χ4n) is 2.16. The maximum Gasteiger partial charge on any atom is 0.126 e. The van der Waals surface area contributed by atoms with Gasteiger partial charge in [-0.2, -0.15) is 0 Å². The molecule has 0 atom stereocenters. The molecule has 0 radical (unpaired) electrons. The molecular formula is C17H18FN. The second-order valence-electron chi connectivity index (χ2n) is 4.66. The van der Waals surface area contributed by atoms with Crippen LogP contribution in [0.5, 0.6) is 0 Å². The van der Waals surface area contributed by atoms with Crippen molar-refractivity contribution in [1.29, 1.82) is 0 Å². The van der Waals surface area contributed by atoms with Crippen LogP contribution in [-0.2, 0) is 0 Å². The first-order valence-electron chi connectivity index (χ1n) is 6.52. The quantitative estimate of drug-likeness (QED) is 0.751. The molecule has 0 spiro atoms. The van der Waals surface area contributed by atoms with E-state index in [2.05, 4.69) is 31.0 Å². The number of allylic oxidation sites excluding steroid dienone is 2. The van der Waals surface area contributed by atoms with Gasteiger partial charge in [-0.15, -0.1) is 0 Å². The van der Waals surface area contributed by atoms with Gasteiger partial charge in [-0.1, -0.05) is 19.1 Å². The largest absolute Gasteiger partial charge is 0.256 e. The molecule has 0 aliphatic carbocycles. The minimum Gasteiger partial charge on any atom is -0.256 e. The highest BCUT2D eigenvalue weighted by atomic mass is 19.1. The Morgan fingerprint density at radius 1 is 1.32 bits per heavy atom. The number of halogens is 1. The fourth-order valence-corrected chi connectivity index (χ4v) is 2.16. The van der Waals surface area contributed by atoms with Crippen LogP contribution in [0.25, 0.3) is 16.8 Å². The van der Waals surface area contributed by atoms with Crippen molar-refractivity contribution in [2.75, 3.05) is 0 Å². The Hall–Kier alpha value is -1.96. The number of nitrogens with zero attached hydrogens (tertiary/aromatic N) is 1. The van der Waals surface area contributed by atoms with E-state index in [1.807, 2.05) is 12.1 Å². The van der Waals surface area contributed by atoms with E-state index in [-0.39, 0.29) is 5.82 Å². The molecule has 2 aromatic rings. The first-order chi connectivity index (χ1) is 9.13. The number of rotatable bonds is 3. The molecule has 2 rings (SSSR count). The summed E-state index contributed by atoms with van der Waals surface area (Å²) in [4.78, 5) is 4.46. The molecule has 0 saturated carbocycles. The van der Waals surface area contributed by atoms with E-state index in [0.29, 0.717) is 5.56 Å². The third-order valence-corrected chi connectivity index (χ3v) is 3.17. The predicted octanol–water partition coefficient (Wildman–Crippen LogP) is 5.01. The van der Waals surface area contributed by atoms with Gasteiger partial charge in [0.25, 0.3) is 0 Å². The summed E-state index contributed by atoms with van der Waals surface area (Å²) in [5, 5.41) is 0. The third-order valence-electron chi connectivity index (χ3n) is 3.17. The van der Waals surface area contributed by atoms with Crippen LogP contribution in [-0.4, -0.2) is 4.98 Å².